The smallest absolute Gasteiger partial charge is 0.408 e. The fourth-order valence-electron chi connectivity index (χ4n) is 3.46. The number of alkyl halides is 3. The molecule has 3 rings (SSSR count). The molecular weight excluding hydrogens is 459 g/mol. The molecule has 1 unspecified atom stereocenters. The molecule has 0 radical (unpaired) electrons. The van der Waals surface area contributed by atoms with Crippen molar-refractivity contribution in [2.24, 2.45) is 5.92 Å². The number of carbonyl (C=O) groups is 2. The zero-order valence-electron chi connectivity index (χ0n) is 18.9. The second-order valence-corrected chi connectivity index (χ2v) is 8.35. The Hall–Kier alpha value is -3.35. The molecule has 1 aliphatic rings. The predicted octanol–water partition coefficient (Wildman–Crippen LogP) is 1.41. The number of ether oxygens (including phenoxy) is 1. The van der Waals surface area contributed by atoms with Crippen LogP contribution in [0.1, 0.15) is 36.7 Å². The maximum absolute atomic E-state index is 13.2. The maximum Gasteiger partial charge on any atom is 0.408 e. The Morgan fingerprint density at radius 1 is 1.26 bits per heavy atom. The molecule has 186 valence electrons. The molecule has 3 heterocycles. The zero-order valence-corrected chi connectivity index (χ0v) is 18.9. The fourth-order valence-corrected chi connectivity index (χ4v) is 3.46. The van der Waals surface area contributed by atoms with Crippen molar-refractivity contribution in [1.29, 1.82) is 0 Å². The Kier molecular flexibility index (Phi) is 7.34. The summed E-state index contributed by atoms with van der Waals surface area (Å²) in [6.45, 7) is 6.14. The summed E-state index contributed by atoms with van der Waals surface area (Å²) in [7, 11) is 0. The van der Waals surface area contributed by atoms with Gasteiger partial charge in [0, 0.05) is 31.3 Å². The third kappa shape index (κ3) is 5.24. The second kappa shape index (κ2) is 9.87. The summed E-state index contributed by atoms with van der Waals surface area (Å²) in [5, 5.41) is 16.3. The average molecular weight is 485 g/mol. The van der Waals surface area contributed by atoms with Crippen molar-refractivity contribution in [1.82, 2.24) is 24.4 Å². The highest BCUT2D eigenvalue weighted by molar-refractivity contribution is 5.97. The molecule has 0 aliphatic carbocycles. The van der Waals surface area contributed by atoms with Crippen molar-refractivity contribution in [3.05, 3.63) is 33.8 Å². The standard InChI is InChI=1S/C21H26F3N5O5/c1-12(2)11-28-18-14(4-5-15(30)27-6-8-34-9-7-27)10-25-29(18)20(33)16(19(28)32)17(31)26-13(3)21(22,23)24/h4-5,10,12-13,33H,6-9,11H2,1-3H3,(H,26,31). The molecule has 0 bridgehead atoms. The largest absolute Gasteiger partial charge is 0.492 e. The number of nitrogens with zero attached hydrogens (tertiary/aromatic N) is 4. The van der Waals surface area contributed by atoms with Crippen LogP contribution in [0.15, 0.2) is 17.1 Å². The Labute approximate surface area is 192 Å². The van der Waals surface area contributed by atoms with Crippen molar-refractivity contribution in [2.45, 2.75) is 39.5 Å². The number of fused-ring (bicyclic) bond motifs is 1. The minimum Gasteiger partial charge on any atom is -0.492 e. The molecule has 1 aliphatic heterocycles. The highest BCUT2D eigenvalue weighted by Gasteiger charge is 2.38. The van der Waals surface area contributed by atoms with Crippen LogP contribution in [0.5, 0.6) is 5.88 Å². The second-order valence-electron chi connectivity index (χ2n) is 8.35. The summed E-state index contributed by atoms with van der Waals surface area (Å²) >= 11 is 0. The molecular formula is C21H26F3N5O5. The Morgan fingerprint density at radius 2 is 1.91 bits per heavy atom. The van der Waals surface area contributed by atoms with E-state index in [1.165, 1.54) is 18.3 Å². The van der Waals surface area contributed by atoms with Crippen molar-refractivity contribution >= 4 is 23.5 Å². The van der Waals surface area contributed by atoms with Gasteiger partial charge in [-0.25, -0.2) is 0 Å². The van der Waals surface area contributed by atoms with Crippen LogP contribution in [0.2, 0.25) is 0 Å². The number of carbonyl (C=O) groups excluding carboxylic acids is 2. The van der Waals surface area contributed by atoms with Gasteiger partial charge in [0.25, 0.3) is 11.5 Å². The van der Waals surface area contributed by atoms with Crippen LogP contribution in [0.25, 0.3) is 11.7 Å². The molecule has 2 N–H and O–H groups in total. The molecule has 34 heavy (non-hydrogen) atoms. The first-order valence-corrected chi connectivity index (χ1v) is 10.7. The number of morpholine rings is 1. The van der Waals surface area contributed by atoms with E-state index in [2.05, 4.69) is 5.10 Å². The molecule has 13 heteroatoms. The number of amides is 2. The molecule has 0 aromatic carbocycles. The summed E-state index contributed by atoms with van der Waals surface area (Å²) in [6.07, 6.45) is -0.714. The number of aromatic nitrogens is 3. The molecule has 10 nitrogen and oxygen atoms in total. The molecule has 2 aromatic rings. The predicted molar refractivity (Wildman–Crippen MR) is 115 cm³/mol. The molecule has 0 saturated carbocycles. The summed E-state index contributed by atoms with van der Waals surface area (Å²) in [6, 6.07) is -2.24. The van der Waals surface area contributed by atoms with Gasteiger partial charge >= 0.3 is 6.18 Å². The van der Waals surface area contributed by atoms with Gasteiger partial charge in [-0.15, -0.1) is 0 Å². The molecule has 2 aromatic heterocycles. The number of hydrogen-bond acceptors (Lipinski definition) is 6. The van der Waals surface area contributed by atoms with Crippen molar-refractivity contribution in [3.63, 3.8) is 0 Å². The van der Waals surface area contributed by atoms with Gasteiger partial charge in [-0.1, -0.05) is 13.8 Å². The van der Waals surface area contributed by atoms with Crippen LogP contribution in [0, 0.1) is 5.92 Å². The first kappa shape index (κ1) is 25.3. The topological polar surface area (TPSA) is 118 Å². The lowest BCUT2D eigenvalue weighted by Crippen LogP contribution is -2.45. The van der Waals surface area contributed by atoms with E-state index in [1.807, 2.05) is 0 Å². The molecule has 2 amide bonds. The molecule has 1 fully saturated rings. The van der Waals surface area contributed by atoms with E-state index < -0.39 is 35.1 Å². The van der Waals surface area contributed by atoms with Crippen LogP contribution in [0.3, 0.4) is 0 Å². The maximum atomic E-state index is 13.2. The Balaban J connectivity index is 2.06. The summed E-state index contributed by atoms with van der Waals surface area (Å²) in [5.41, 5.74) is -1.42. The highest BCUT2D eigenvalue weighted by Crippen LogP contribution is 2.23. The van der Waals surface area contributed by atoms with Gasteiger partial charge < -0.3 is 20.1 Å². The quantitative estimate of drug-likeness (QED) is 0.598. The van der Waals surface area contributed by atoms with Crippen LogP contribution >= 0.6 is 0 Å². The van der Waals surface area contributed by atoms with Crippen LogP contribution in [-0.4, -0.2) is 74.5 Å². The lowest BCUT2D eigenvalue weighted by molar-refractivity contribution is -0.149. The molecule has 1 atom stereocenters. The fraction of sp³-hybridized carbons (Fsp3) is 0.524. The molecule has 0 spiro atoms. The van der Waals surface area contributed by atoms with Gasteiger partial charge in [0.05, 0.1) is 19.4 Å². The zero-order chi connectivity index (χ0) is 25.2. The first-order valence-electron chi connectivity index (χ1n) is 10.7. The van der Waals surface area contributed by atoms with E-state index in [9.17, 15) is 32.7 Å². The number of aromatic hydroxyl groups is 1. The van der Waals surface area contributed by atoms with Gasteiger partial charge in [-0.05, 0) is 18.9 Å². The van der Waals surface area contributed by atoms with Crippen LogP contribution < -0.4 is 10.9 Å². The lowest BCUT2D eigenvalue weighted by Gasteiger charge is -2.25. The van der Waals surface area contributed by atoms with E-state index in [0.717, 1.165) is 16.0 Å². The number of rotatable bonds is 6. The SMILES string of the molecule is CC(C)Cn1c(=O)c(C(=O)NC(C)C(F)(F)F)c(O)n2ncc(C=CC(=O)N3CCOCC3)c12. The summed E-state index contributed by atoms with van der Waals surface area (Å²) in [5.74, 6) is -2.65. The van der Waals surface area contributed by atoms with Crippen molar-refractivity contribution in [3.8, 4) is 5.88 Å². The van der Waals surface area contributed by atoms with Gasteiger partial charge in [0.15, 0.2) is 5.56 Å². The van der Waals surface area contributed by atoms with E-state index in [-0.39, 0.29) is 24.0 Å². The Morgan fingerprint density at radius 3 is 2.50 bits per heavy atom. The van der Waals surface area contributed by atoms with Crippen molar-refractivity contribution < 1.29 is 32.6 Å². The van der Waals surface area contributed by atoms with Crippen LogP contribution in [0.4, 0.5) is 13.2 Å². The molecule has 1 saturated heterocycles. The third-order valence-electron chi connectivity index (χ3n) is 5.25. The summed E-state index contributed by atoms with van der Waals surface area (Å²) in [4.78, 5) is 39.7. The van der Waals surface area contributed by atoms with Gasteiger partial charge in [0.2, 0.25) is 11.8 Å². The van der Waals surface area contributed by atoms with Crippen molar-refractivity contribution in [2.75, 3.05) is 26.3 Å². The number of halogens is 3. The van der Waals surface area contributed by atoms with E-state index in [4.69, 9.17) is 4.74 Å². The van der Waals surface area contributed by atoms with E-state index in [0.29, 0.717) is 31.9 Å². The normalized spacial score (nSPS) is 15.9. The van der Waals surface area contributed by atoms with Gasteiger partial charge in [-0.2, -0.15) is 22.8 Å². The lowest BCUT2D eigenvalue weighted by atomic mass is 10.2. The van der Waals surface area contributed by atoms with E-state index >= 15 is 0 Å². The average Bonchev–Trinajstić information content (AvgIpc) is 3.19. The van der Waals surface area contributed by atoms with E-state index in [1.54, 1.807) is 24.1 Å². The van der Waals surface area contributed by atoms with Crippen LogP contribution in [-0.2, 0) is 16.1 Å². The third-order valence-corrected chi connectivity index (χ3v) is 5.25. The highest BCUT2D eigenvalue weighted by atomic mass is 19.4. The van der Waals surface area contributed by atoms with Gasteiger partial charge in [-0.3, -0.25) is 19.0 Å². The number of hydrogen-bond donors (Lipinski definition) is 2. The first-order chi connectivity index (χ1) is 15.9. The minimum atomic E-state index is -4.73. The Bertz CT molecular complexity index is 1160. The summed E-state index contributed by atoms with van der Waals surface area (Å²) < 4.78 is 46.0. The monoisotopic (exact) mass is 485 g/mol. The minimum absolute atomic E-state index is 0.0850. The number of nitrogens with one attached hydrogen (secondary N) is 1. The van der Waals surface area contributed by atoms with Gasteiger partial charge in [0.1, 0.15) is 11.7 Å².